The zero-order valence-electron chi connectivity index (χ0n) is 13.5. The molecule has 0 amide bonds. The highest BCUT2D eigenvalue weighted by molar-refractivity contribution is 5.98. The predicted octanol–water partition coefficient (Wildman–Crippen LogP) is 5.25. The van der Waals surface area contributed by atoms with Crippen molar-refractivity contribution in [3.63, 3.8) is 0 Å². The first-order valence-corrected chi connectivity index (χ1v) is 7.76. The molecule has 0 spiro atoms. The highest BCUT2D eigenvalue weighted by Gasteiger charge is 2.21. The fraction of sp³-hybridized carbons (Fsp3) is 0.250. The minimum Gasteiger partial charge on any atom is -0.296 e. The van der Waals surface area contributed by atoms with Gasteiger partial charge in [-0.15, -0.1) is 0 Å². The average Bonchev–Trinajstić information content (AvgIpc) is 2.84. The van der Waals surface area contributed by atoms with Crippen molar-refractivity contribution in [2.45, 2.75) is 33.1 Å². The molecule has 0 atom stereocenters. The van der Waals surface area contributed by atoms with Gasteiger partial charge in [-0.05, 0) is 36.1 Å². The van der Waals surface area contributed by atoms with Crippen LogP contribution in [-0.2, 0) is 5.41 Å². The van der Waals surface area contributed by atoms with E-state index in [1.54, 1.807) is 0 Å². The largest absolute Gasteiger partial charge is 0.296 e. The van der Waals surface area contributed by atoms with Crippen LogP contribution in [0.2, 0.25) is 0 Å². The molecule has 2 aromatic carbocycles. The van der Waals surface area contributed by atoms with E-state index in [1.807, 2.05) is 0 Å². The van der Waals surface area contributed by atoms with Crippen LogP contribution in [0.1, 0.15) is 32.0 Å². The normalized spacial score (nSPS) is 12.5. The molecular weight excluding hydrogens is 268 g/mol. The fourth-order valence-corrected chi connectivity index (χ4v) is 3.20. The van der Waals surface area contributed by atoms with E-state index >= 15 is 0 Å². The van der Waals surface area contributed by atoms with Crippen LogP contribution in [0.25, 0.3) is 27.5 Å². The second kappa shape index (κ2) is 4.33. The summed E-state index contributed by atoms with van der Waals surface area (Å²) in [4.78, 5) is 4.92. The highest BCUT2D eigenvalue weighted by Crippen LogP contribution is 2.32. The molecule has 4 rings (SSSR count). The summed E-state index contributed by atoms with van der Waals surface area (Å²) in [5.41, 5.74) is 5.94. The molecule has 0 unspecified atom stereocenters. The molecule has 0 aliphatic rings. The van der Waals surface area contributed by atoms with E-state index in [9.17, 15) is 0 Å². The van der Waals surface area contributed by atoms with E-state index in [-0.39, 0.29) is 5.41 Å². The monoisotopic (exact) mass is 288 g/mol. The summed E-state index contributed by atoms with van der Waals surface area (Å²) in [6.45, 7) is 8.92. The van der Waals surface area contributed by atoms with Crippen molar-refractivity contribution in [1.29, 1.82) is 0 Å². The number of nitrogens with zero attached hydrogens (tertiary/aromatic N) is 2. The molecule has 2 heteroatoms. The van der Waals surface area contributed by atoms with Crippen molar-refractivity contribution in [2.75, 3.05) is 0 Å². The van der Waals surface area contributed by atoms with E-state index in [1.165, 1.54) is 27.5 Å². The molecule has 4 aromatic rings. The number of pyridine rings is 1. The lowest BCUT2D eigenvalue weighted by Gasteiger charge is -2.22. The summed E-state index contributed by atoms with van der Waals surface area (Å²) in [7, 11) is 0. The van der Waals surface area contributed by atoms with Crippen LogP contribution in [-0.4, -0.2) is 9.38 Å². The van der Waals surface area contributed by atoms with Crippen molar-refractivity contribution in [2.24, 2.45) is 0 Å². The van der Waals surface area contributed by atoms with Crippen LogP contribution in [0, 0.1) is 6.92 Å². The van der Waals surface area contributed by atoms with E-state index in [0.29, 0.717) is 0 Å². The molecular formula is C20H20N2. The number of hydrogen-bond donors (Lipinski definition) is 0. The van der Waals surface area contributed by atoms with Gasteiger partial charge in [-0.3, -0.25) is 4.40 Å². The standard InChI is InChI=1S/C20H20N2/c1-13-9-10-16-17(11-13)22-18(20(2,3)4)12-14-7-5-6-8-15(14)19(22)21-16/h5-12H,1-4H3. The van der Waals surface area contributed by atoms with Gasteiger partial charge in [0.15, 0.2) is 0 Å². The second-order valence-electron chi connectivity index (χ2n) is 7.13. The summed E-state index contributed by atoms with van der Waals surface area (Å²) in [6, 6.07) is 17.3. The SMILES string of the molecule is Cc1ccc2nc3c4ccccc4cc(C(C)(C)C)n3c2c1. The average molecular weight is 288 g/mol. The molecule has 0 N–H and O–H groups in total. The van der Waals surface area contributed by atoms with Crippen LogP contribution >= 0.6 is 0 Å². The first-order chi connectivity index (χ1) is 10.4. The summed E-state index contributed by atoms with van der Waals surface area (Å²) in [5.74, 6) is 0. The second-order valence-corrected chi connectivity index (χ2v) is 7.13. The Morgan fingerprint density at radius 2 is 1.73 bits per heavy atom. The first-order valence-electron chi connectivity index (χ1n) is 7.76. The summed E-state index contributed by atoms with van der Waals surface area (Å²) in [5, 5.41) is 2.47. The Hall–Kier alpha value is -2.35. The molecule has 0 saturated heterocycles. The Labute approximate surface area is 130 Å². The molecule has 2 nitrogen and oxygen atoms in total. The Bertz CT molecular complexity index is 1020. The zero-order valence-corrected chi connectivity index (χ0v) is 13.5. The minimum absolute atomic E-state index is 0.0552. The van der Waals surface area contributed by atoms with Gasteiger partial charge >= 0.3 is 0 Å². The Balaban J connectivity index is 2.32. The van der Waals surface area contributed by atoms with Gasteiger partial charge < -0.3 is 0 Å². The smallest absolute Gasteiger partial charge is 0.146 e. The van der Waals surface area contributed by atoms with Gasteiger partial charge in [0.2, 0.25) is 0 Å². The van der Waals surface area contributed by atoms with Gasteiger partial charge in [-0.1, -0.05) is 51.1 Å². The quantitative estimate of drug-likeness (QED) is 0.432. The van der Waals surface area contributed by atoms with Crippen molar-refractivity contribution in [1.82, 2.24) is 9.38 Å². The van der Waals surface area contributed by atoms with Gasteiger partial charge in [-0.25, -0.2) is 4.98 Å². The number of hydrogen-bond acceptors (Lipinski definition) is 1. The Kier molecular flexibility index (Phi) is 2.62. The lowest BCUT2D eigenvalue weighted by atomic mass is 9.90. The maximum atomic E-state index is 4.92. The molecule has 0 saturated carbocycles. The Morgan fingerprint density at radius 1 is 0.955 bits per heavy atom. The van der Waals surface area contributed by atoms with Crippen LogP contribution in [0.4, 0.5) is 0 Å². The van der Waals surface area contributed by atoms with Crippen molar-refractivity contribution in [3.8, 4) is 0 Å². The molecule has 0 aliphatic carbocycles. The number of aryl methyl sites for hydroxylation is 1. The molecule has 2 aromatic heterocycles. The first kappa shape index (κ1) is 13.3. The summed E-state index contributed by atoms with van der Waals surface area (Å²) < 4.78 is 2.34. The van der Waals surface area contributed by atoms with Crippen LogP contribution in [0.5, 0.6) is 0 Å². The lowest BCUT2D eigenvalue weighted by molar-refractivity contribution is 0.564. The van der Waals surface area contributed by atoms with Crippen LogP contribution in [0.3, 0.4) is 0 Å². The Morgan fingerprint density at radius 3 is 2.50 bits per heavy atom. The van der Waals surface area contributed by atoms with Gasteiger partial charge in [0.1, 0.15) is 5.65 Å². The third kappa shape index (κ3) is 1.83. The van der Waals surface area contributed by atoms with Crippen molar-refractivity contribution in [3.05, 3.63) is 59.8 Å². The number of benzene rings is 2. The number of aromatic nitrogens is 2. The van der Waals surface area contributed by atoms with E-state index < -0.39 is 0 Å². The van der Waals surface area contributed by atoms with Gasteiger partial charge in [0.25, 0.3) is 0 Å². The molecule has 0 fully saturated rings. The molecule has 0 aliphatic heterocycles. The molecule has 22 heavy (non-hydrogen) atoms. The van der Waals surface area contributed by atoms with E-state index in [4.69, 9.17) is 4.98 Å². The molecule has 0 radical (unpaired) electrons. The summed E-state index contributed by atoms with van der Waals surface area (Å²) in [6.07, 6.45) is 0. The zero-order chi connectivity index (χ0) is 15.5. The topological polar surface area (TPSA) is 17.3 Å². The van der Waals surface area contributed by atoms with E-state index in [0.717, 1.165) is 11.2 Å². The molecule has 110 valence electrons. The lowest BCUT2D eigenvalue weighted by Crippen LogP contribution is -2.16. The fourth-order valence-electron chi connectivity index (χ4n) is 3.20. The third-order valence-electron chi connectivity index (χ3n) is 4.31. The van der Waals surface area contributed by atoms with Gasteiger partial charge in [-0.2, -0.15) is 0 Å². The number of fused-ring (bicyclic) bond motifs is 5. The van der Waals surface area contributed by atoms with Crippen LogP contribution < -0.4 is 0 Å². The van der Waals surface area contributed by atoms with Gasteiger partial charge in [0.05, 0.1) is 11.0 Å². The number of imidazole rings is 1. The maximum Gasteiger partial charge on any atom is 0.146 e. The van der Waals surface area contributed by atoms with Gasteiger partial charge in [0, 0.05) is 16.5 Å². The van der Waals surface area contributed by atoms with E-state index in [2.05, 4.69) is 80.6 Å². The maximum absolute atomic E-state index is 4.92. The third-order valence-corrected chi connectivity index (χ3v) is 4.31. The van der Waals surface area contributed by atoms with Crippen molar-refractivity contribution < 1.29 is 0 Å². The molecule has 0 bridgehead atoms. The van der Waals surface area contributed by atoms with Crippen molar-refractivity contribution >= 4 is 27.5 Å². The highest BCUT2D eigenvalue weighted by atomic mass is 15.0. The van der Waals surface area contributed by atoms with Crippen LogP contribution in [0.15, 0.2) is 48.5 Å². The minimum atomic E-state index is 0.0552. The predicted molar refractivity (Wildman–Crippen MR) is 93.6 cm³/mol. The number of rotatable bonds is 0. The molecule has 2 heterocycles. The summed E-state index contributed by atoms with van der Waals surface area (Å²) >= 11 is 0.